The monoisotopic (exact) mass is 279 g/mol. The van der Waals surface area contributed by atoms with Crippen LogP contribution in [-0.2, 0) is 16.1 Å². The topological polar surface area (TPSA) is 107 Å². The molecule has 0 unspecified atom stereocenters. The lowest BCUT2D eigenvalue weighted by atomic mass is 10.00. The minimum atomic E-state index is -0.510. The zero-order valence-corrected chi connectivity index (χ0v) is 11.8. The van der Waals surface area contributed by atoms with Crippen LogP contribution in [-0.4, -0.2) is 24.0 Å². The fraction of sp³-hybridized carbons (Fsp3) is 0.429. The van der Waals surface area contributed by atoms with Gasteiger partial charge in [0.15, 0.2) is 6.61 Å². The molecule has 6 nitrogen and oxygen atoms in total. The van der Waals surface area contributed by atoms with Crippen LogP contribution in [0.4, 0.5) is 0 Å². The quantitative estimate of drug-likeness (QED) is 0.635. The molecule has 1 aromatic carbocycles. The number of carbonyl (C=O) groups is 2. The van der Waals surface area contributed by atoms with Crippen molar-refractivity contribution in [1.29, 1.82) is 0 Å². The zero-order valence-electron chi connectivity index (χ0n) is 11.8. The van der Waals surface area contributed by atoms with Crippen LogP contribution < -0.4 is 21.5 Å². The first-order valence-corrected chi connectivity index (χ1v) is 6.32. The Bertz CT molecular complexity index is 469. The van der Waals surface area contributed by atoms with Gasteiger partial charge in [-0.2, -0.15) is 0 Å². The fourth-order valence-electron chi connectivity index (χ4n) is 1.70. The number of nitrogens with one attached hydrogen (secondary N) is 1. The Hall–Kier alpha value is -2.08. The number of rotatable bonds is 8. The number of benzene rings is 1. The van der Waals surface area contributed by atoms with E-state index in [9.17, 15) is 9.59 Å². The molecule has 2 amide bonds. The second-order valence-corrected chi connectivity index (χ2v) is 5.28. The third-order valence-electron chi connectivity index (χ3n) is 2.69. The number of amides is 2. The maximum Gasteiger partial charge on any atom is 0.255 e. The third-order valence-corrected chi connectivity index (χ3v) is 2.69. The highest BCUT2D eigenvalue weighted by atomic mass is 16.5. The van der Waals surface area contributed by atoms with Crippen molar-refractivity contribution in [1.82, 2.24) is 5.32 Å². The van der Waals surface area contributed by atoms with Crippen molar-refractivity contribution in [3.05, 3.63) is 29.8 Å². The summed E-state index contributed by atoms with van der Waals surface area (Å²) in [5, 5.41) is 3.26. The first-order valence-electron chi connectivity index (χ1n) is 6.32. The summed E-state index contributed by atoms with van der Waals surface area (Å²) in [7, 11) is 0. The molecule has 0 spiro atoms. The molecule has 110 valence electrons. The van der Waals surface area contributed by atoms with Crippen LogP contribution >= 0.6 is 0 Å². The van der Waals surface area contributed by atoms with Crippen LogP contribution in [0.5, 0.6) is 5.75 Å². The minimum Gasteiger partial charge on any atom is -0.484 e. The van der Waals surface area contributed by atoms with Crippen molar-refractivity contribution in [2.24, 2.45) is 11.5 Å². The summed E-state index contributed by atoms with van der Waals surface area (Å²) in [5.74, 6) is -0.259. The van der Waals surface area contributed by atoms with E-state index in [4.69, 9.17) is 16.2 Å². The van der Waals surface area contributed by atoms with Crippen molar-refractivity contribution in [2.75, 3.05) is 6.61 Å². The Kier molecular flexibility index (Phi) is 5.52. The number of hydrogen-bond donors (Lipinski definition) is 3. The first-order chi connectivity index (χ1) is 9.28. The van der Waals surface area contributed by atoms with Crippen LogP contribution in [0.25, 0.3) is 0 Å². The lowest BCUT2D eigenvalue weighted by Gasteiger charge is -2.24. The second-order valence-electron chi connectivity index (χ2n) is 5.28. The molecule has 0 saturated carbocycles. The maximum atomic E-state index is 10.9. The molecule has 5 N–H and O–H groups in total. The SMILES string of the molecule is CC(C)(CC(N)=O)NCc1ccc(OCC(N)=O)cc1. The van der Waals surface area contributed by atoms with E-state index in [0.29, 0.717) is 12.3 Å². The normalized spacial score (nSPS) is 11.1. The van der Waals surface area contributed by atoms with Gasteiger partial charge in [0.1, 0.15) is 5.75 Å². The molecule has 0 aliphatic rings. The van der Waals surface area contributed by atoms with Crippen molar-refractivity contribution < 1.29 is 14.3 Å². The van der Waals surface area contributed by atoms with E-state index < -0.39 is 5.91 Å². The van der Waals surface area contributed by atoms with Crippen LogP contribution in [0.3, 0.4) is 0 Å². The van der Waals surface area contributed by atoms with Crippen molar-refractivity contribution in [3.63, 3.8) is 0 Å². The average molecular weight is 279 g/mol. The van der Waals surface area contributed by atoms with Gasteiger partial charge >= 0.3 is 0 Å². The van der Waals surface area contributed by atoms with E-state index in [1.165, 1.54) is 0 Å². The number of hydrogen-bond acceptors (Lipinski definition) is 4. The highest BCUT2D eigenvalue weighted by Crippen LogP contribution is 2.14. The summed E-state index contributed by atoms with van der Waals surface area (Å²) in [6, 6.07) is 7.29. The van der Waals surface area contributed by atoms with Crippen LogP contribution in [0.2, 0.25) is 0 Å². The zero-order chi connectivity index (χ0) is 15.2. The molecule has 20 heavy (non-hydrogen) atoms. The van der Waals surface area contributed by atoms with Gasteiger partial charge in [-0.25, -0.2) is 0 Å². The fourth-order valence-corrected chi connectivity index (χ4v) is 1.70. The Balaban J connectivity index is 2.49. The molecule has 0 saturated heterocycles. The molecule has 0 aliphatic carbocycles. The Morgan fingerprint density at radius 3 is 2.25 bits per heavy atom. The Morgan fingerprint density at radius 2 is 1.75 bits per heavy atom. The molecule has 6 heteroatoms. The van der Waals surface area contributed by atoms with Gasteiger partial charge in [-0.05, 0) is 31.5 Å². The van der Waals surface area contributed by atoms with E-state index in [1.807, 2.05) is 26.0 Å². The number of nitrogens with two attached hydrogens (primary N) is 2. The van der Waals surface area contributed by atoms with E-state index in [1.54, 1.807) is 12.1 Å². The Morgan fingerprint density at radius 1 is 1.15 bits per heavy atom. The van der Waals surface area contributed by atoms with Crippen LogP contribution in [0.15, 0.2) is 24.3 Å². The van der Waals surface area contributed by atoms with Gasteiger partial charge in [-0.1, -0.05) is 12.1 Å². The number of primary amides is 2. The maximum absolute atomic E-state index is 10.9. The van der Waals surface area contributed by atoms with Gasteiger partial charge in [0.05, 0.1) is 0 Å². The predicted molar refractivity (Wildman–Crippen MR) is 75.9 cm³/mol. The molecule has 0 bridgehead atoms. The van der Waals surface area contributed by atoms with Gasteiger partial charge in [0, 0.05) is 18.5 Å². The molecule has 0 radical (unpaired) electrons. The molecular weight excluding hydrogens is 258 g/mol. The van der Waals surface area contributed by atoms with Gasteiger partial charge in [0.25, 0.3) is 5.91 Å². The standard InChI is InChI=1S/C14H21N3O3/c1-14(2,7-12(15)18)17-8-10-3-5-11(6-4-10)20-9-13(16)19/h3-6,17H,7-9H2,1-2H3,(H2,15,18)(H2,16,19). The minimum absolute atomic E-state index is 0.136. The third kappa shape index (κ3) is 6.19. The lowest BCUT2D eigenvalue weighted by molar-refractivity contribution is -0.120. The number of ether oxygens (including phenoxy) is 1. The smallest absolute Gasteiger partial charge is 0.255 e. The predicted octanol–water partition coefficient (Wildman–Crippen LogP) is 0.294. The van der Waals surface area contributed by atoms with Gasteiger partial charge in [0.2, 0.25) is 5.91 Å². The summed E-state index contributed by atoms with van der Waals surface area (Å²) < 4.78 is 5.16. The van der Waals surface area contributed by atoms with E-state index in [0.717, 1.165) is 5.56 Å². The summed E-state index contributed by atoms with van der Waals surface area (Å²) in [4.78, 5) is 21.5. The highest BCUT2D eigenvalue weighted by Gasteiger charge is 2.19. The molecular formula is C14H21N3O3. The molecule has 0 aliphatic heterocycles. The summed E-state index contributed by atoms with van der Waals surface area (Å²) in [6.45, 7) is 4.31. The van der Waals surface area contributed by atoms with E-state index in [2.05, 4.69) is 5.32 Å². The molecule has 1 rings (SSSR count). The molecule has 0 fully saturated rings. The molecule has 1 aromatic rings. The Labute approximate surface area is 118 Å². The molecule has 0 heterocycles. The molecule has 0 atom stereocenters. The van der Waals surface area contributed by atoms with Crippen molar-refractivity contribution >= 4 is 11.8 Å². The van der Waals surface area contributed by atoms with Gasteiger partial charge in [-0.3, -0.25) is 9.59 Å². The lowest BCUT2D eigenvalue weighted by Crippen LogP contribution is -2.42. The average Bonchev–Trinajstić information content (AvgIpc) is 2.33. The number of carbonyl (C=O) groups excluding carboxylic acids is 2. The van der Waals surface area contributed by atoms with Crippen molar-refractivity contribution in [2.45, 2.75) is 32.4 Å². The van der Waals surface area contributed by atoms with Crippen LogP contribution in [0.1, 0.15) is 25.8 Å². The van der Waals surface area contributed by atoms with Crippen molar-refractivity contribution in [3.8, 4) is 5.75 Å². The van der Waals surface area contributed by atoms with E-state index in [-0.39, 0.29) is 24.5 Å². The van der Waals surface area contributed by atoms with E-state index >= 15 is 0 Å². The largest absolute Gasteiger partial charge is 0.484 e. The van der Waals surface area contributed by atoms with Crippen LogP contribution in [0, 0.1) is 0 Å². The summed E-state index contributed by atoms with van der Waals surface area (Å²) in [6.07, 6.45) is 0.271. The van der Waals surface area contributed by atoms with Gasteiger partial charge < -0.3 is 21.5 Å². The summed E-state index contributed by atoms with van der Waals surface area (Å²) >= 11 is 0. The first kappa shape index (κ1) is 16.0. The van der Waals surface area contributed by atoms with Gasteiger partial charge in [-0.15, -0.1) is 0 Å². The molecule has 0 aromatic heterocycles. The second kappa shape index (κ2) is 6.91. The highest BCUT2D eigenvalue weighted by molar-refractivity contribution is 5.75. The summed E-state index contributed by atoms with van der Waals surface area (Å²) in [5.41, 5.74) is 10.9.